The maximum Gasteiger partial charge on any atom is 0.200 e. The van der Waals surface area contributed by atoms with Crippen molar-refractivity contribution in [1.82, 2.24) is 4.65 Å². The van der Waals surface area contributed by atoms with E-state index >= 15 is 0 Å². The topological polar surface area (TPSA) is 12.0 Å². The summed E-state index contributed by atoms with van der Waals surface area (Å²) in [6, 6.07) is 19.0. The van der Waals surface area contributed by atoms with Crippen LogP contribution in [0.4, 0.5) is 0 Å². The van der Waals surface area contributed by atoms with Crippen LogP contribution in [0.1, 0.15) is 66.8 Å². The van der Waals surface area contributed by atoms with Crippen molar-refractivity contribution in [2.24, 2.45) is 0 Å². The Bertz CT molecular complexity index is 1240. The molecule has 202 valence electrons. The monoisotopic (exact) mass is 547 g/mol. The molecule has 1 nitrogen and oxygen atoms in total. The van der Waals surface area contributed by atoms with Crippen LogP contribution in [0.25, 0.3) is 0 Å². The van der Waals surface area contributed by atoms with E-state index in [9.17, 15) is 0 Å². The van der Waals surface area contributed by atoms with Crippen molar-refractivity contribution in [2.45, 2.75) is 83.1 Å². The van der Waals surface area contributed by atoms with Gasteiger partial charge in [0.15, 0.2) is 0 Å². The molecule has 0 spiro atoms. The molecule has 0 amide bonds. The standard InChI is InChI=1S/C36H45NSi2/c1-21-13-25(5)33(26(6)14-21)38(34-27(7)15-22(2)16-28(34)8)37-39(35-29(9)17-23(3)18-30(35)10)36-31(11)19-24(4)20-32(36)12/h13-20,37H,1-12H3. The first kappa shape index (κ1) is 29.3. The van der Waals surface area contributed by atoms with E-state index in [0.717, 1.165) is 0 Å². The second-order valence-electron chi connectivity index (χ2n) is 12.0. The molecule has 0 aliphatic rings. The molecule has 0 saturated carbocycles. The third-order valence-electron chi connectivity index (χ3n) is 7.96. The van der Waals surface area contributed by atoms with Crippen LogP contribution in [0, 0.1) is 83.1 Å². The molecule has 0 bridgehead atoms. The van der Waals surface area contributed by atoms with Crippen molar-refractivity contribution in [3.8, 4) is 0 Å². The van der Waals surface area contributed by atoms with Crippen molar-refractivity contribution in [3.63, 3.8) is 0 Å². The second kappa shape index (κ2) is 11.4. The van der Waals surface area contributed by atoms with Gasteiger partial charge in [0.1, 0.15) is 0 Å². The SMILES string of the molecule is Cc1cc(C)c([Si](N[Si](c2c(C)cc(C)cc2C)c2c(C)cc(C)cc2C)c2c(C)cc(C)cc2C)c(C)c1. The van der Waals surface area contributed by atoms with Crippen molar-refractivity contribution in [1.29, 1.82) is 0 Å². The highest BCUT2D eigenvalue weighted by molar-refractivity contribution is 6.98. The maximum absolute atomic E-state index is 4.53. The van der Waals surface area contributed by atoms with Crippen LogP contribution in [0.3, 0.4) is 0 Å². The van der Waals surface area contributed by atoms with Gasteiger partial charge < -0.3 is 4.65 Å². The zero-order chi connectivity index (χ0) is 28.8. The Morgan fingerprint density at radius 2 is 0.462 bits per heavy atom. The third-order valence-corrected chi connectivity index (χ3v) is 15.1. The molecule has 0 atom stereocenters. The normalized spacial score (nSPS) is 11.6. The number of benzene rings is 4. The average molecular weight is 548 g/mol. The summed E-state index contributed by atoms with van der Waals surface area (Å²) in [4.78, 5) is 0. The van der Waals surface area contributed by atoms with E-state index < -0.39 is 17.9 Å². The van der Waals surface area contributed by atoms with Crippen LogP contribution >= 0.6 is 0 Å². The number of hydrogen-bond acceptors (Lipinski definition) is 1. The van der Waals surface area contributed by atoms with E-state index in [1.165, 1.54) is 87.5 Å². The van der Waals surface area contributed by atoms with Crippen molar-refractivity contribution >= 4 is 38.7 Å². The average Bonchev–Trinajstić information content (AvgIpc) is 2.76. The van der Waals surface area contributed by atoms with Gasteiger partial charge in [-0.05, 0) is 148 Å². The van der Waals surface area contributed by atoms with E-state index in [0.29, 0.717) is 0 Å². The molecule has 4 rings (SSSR count). The molecule has 3 heteroatoms. The fraction of sp³-hybridized carbons (Fsp3) is 0.333. The van der Waals surface area contributed by atoms with Gasteiger partial charge in [-0.15, -0.1) is 0 Å². The lowest BCUT2D eigenvalue weighted by molar-refractivity contribution is 1.30. The van der Waals surface area contributed by atoms with Gasteiger partial charge in [-0.3, -0.25) is 0 Å². The summed E-state index contributed by atoms with van der Waals surface area (Å²) in [6.07, 6.45) is 0. The van der Waals surface area contributed by atoms with Crippen LogP contribution < -0.4 is 25.4 Å². The molecule has 0 aromatic heterocycles. The Balaban J connectivity index is 2.07. The van der Waals surface area contributed by atoms with Crippen LogP contribution in [0.2, 0.25) is 0 Å². The summed E-state index contributed by atoms with van der Waals surface area (Å²) >= 11 is 0. The summed E-state index contributed by atoms with van der Waals surface area (Å²) in [5.41, 5.74) is 16.6. The number of hydrogen-bond donors (Lipinski definition) is 1. The molecule has 0 unspecified atom stereocenters. The Morgan fingerprint density at radius 1 is 0.308 bits per heavy atom. The molecular formula is C36H45NSi2. The van der Waals surface area contributed by atoms with E-state index in [1.807, 2.05) is 0 Å². The van der Waals surface area contributed by atoms with E-state index in [-0.39, 0.29) is 0 Å². The molecule has 0 fully saturated rings. The fourth-order valence-corrected chi connectivity index (χ4v) is 14.2. The van der Waals surface area contributed by atoms with Crippen LogP contribution in [0.15, 0.2) is 48.5 Å². The predicted molar refractivity (Wildman–Crippen MR) is 176 cm³/mol. The highest BCUT2D eigenvalue weighted by Crippen LogP contribution is 2.15. The van der Waals surface area contributed by atoms with Gasteiger partial charge in [-0.2, -0.15) is 0 Å². The van der Waals surface area contributed by atoms with E-state index in [1.54, 1.807) is 0 Å². The van der Waals surface area contributed by atoms with Gasteiger partial charge in [0.2, 0.25) is 17.9 Å². The molecule has 2 radical (unpaired) electrons. The Labute approximate surface area is 241 Å². The number of rotatable bonds is 6. The predicted octanol–water partition coefficient (Wildman–Crippen LogP) is 5.89. The lowest BCUT2D eigenvalue weighted by Gasteiger charge is -2.32. The minimum atomic E-state index is -1.34. The first-order valence-electron chi connectivity index (χ1n) is 14.1. The smallest absolute Gasteiger partial charge is 0.200 e. The quantitative estimate of drug-likeness (QED) is 0.297. The summed E-state index contributed by atoms with van der Waals surface area (Å²) < 4.78 is 4.53. The van der Waals surface area contributed by atoms with Crippen LogP contribution in [0.5, 0.6) is 0 Å². The van der Waals surface area contributed by atoms with Crippen molar-refractivity contribution in [3.05, 3.63) is 115 Å². The van der Waals surface area contributed by atoms with Crippen LogP contribution in [-0.4, -0.2) is 17.9 Å². The van der Waals surface area contributed by atoms with Gasteiger partial charge in [0.05, 0.1) is 0 Å². The van der Waals surface area contributed by atoms with Gasteiger partial charge in [-0.1, -0.05) is 70.8 Å². The largest absolute Gasteiger partial charge is 0.346 e. The van der Waals surface area contributed by atoms with Crippen molar-refractivity contribution in [2.75, 3.05) is 0 Å². The van der Waals surface area contributed by atoms with Gasteiger partial charge in [0, 0.05) is 0 Å². The molecule has 0 aliphatic heterocycles. The van der Waals surface area contributed by atoms with Gasteiger partial charge >= 0.3 is 0 Å². The zero-order valence-electron chi connectivity index (χ0n) is 26.1. The highest BCUT2D eigenvalue weighted by atomic mass is 28.3. The van der Waals surface area contributed by atoms with Crippen molar-refractivity contribution < 1.29 is 0 Å². The molecular weight excluding hydrogens is 503 g/mol. The summed E-state index contributed by atoms with van der Waals surface area (Å²) in [5.74, 6) is 0. The first-order chi connectivity index (χ1) is 18.3. The van der Waals surface area contributed by atoms with E-state index in [2.05, 4.69) is 136 Å². The van der Waals surface area contributed by atoms with E-state index in [4.69, 9.17) is 0 Å². The molecule has 0 heterocycles. The molecule has 1 N–H and O–H groups in total. The molecule has 0 saturated heterocycles. The first-order valence-corrected chi connectivity index (χ1v) is 17.1. The summed E-state index contributed by atoms with van der Waals surface area (Å²) in [7, 11) is -2.67. The summed E-state index contributed by atoms with van der Waals surface area (Å²) in [5, 5.41) is 6.09. The maximum atomic E-state index is 4.53. The minimum Gasteiger partial charge on any atom is -0.346 e. The third kappa shape index (κ3) is 5.91. The second-order valence-corrected chi connectivity index (χ2v) is 16.5. The number of aryl methyl sites for hydroxylation is 12. The molecule has 0 aliphatic carbocycles. The van der Waals surface area contributed by atoms with Gasteiger partial charge in [0.25, 0.3) is 0 Å². The number of nitrogens with one attached hydrogen (secondary N) is 1. The Kier molecular flexibility index (Phi) is 8.56. The van der Waals surface area contributed by atoms with Gasteiger partial charge in [-0.25, -0.2) is 0 Å². The highest BCUT2D eigenvalue weighted by Gasteiger charge is 2.33. The molecule has 4 aromatic carbocycles. The minimum absolute atomic E-state index is 1.34. The Morgan fingerprint density at radius 3 is 0.615 bits per heavy atom. The zero-order valence-corrected chi connectivity index (χ0v) is 28.1. The lowest BCUT2D eigenvalue weighted by Crippen LogP contribution is -2.69. The fourth-order valence-electron chi connectivity index (χ4n) is 6.92. The molecule has 4 aromatic rings. The molecule has 39 heavy (non-hydrogen) atoms. The van der Waals surface area contributed by atoms with Crippen LogP contribution in [-0.2, 0) is 0 Å². The summed E-state index contributed by atoms with van der Waals surface area (Å²) in [6.45, 7) is 27.4. The lowest BCUT2D eigenvalue weighted by atomic mass is 10.1. The Hall–Kier alpha value is -2.73.